The lowest BCUT2D eigenvalue weighted by Crippen LogP contribution is -2.07. The molecular weight excluding hydrogens is 412 g/mol. The highest BCUT2D eigenvalue weighted by atomic mass is 127. The van der Waals surface area contributed by atoms with Crippen molar-refractivity contribution in [1.29, 1.82) is 0 Å². The van der Waals surface area contributed by atoms with Gasteiger partial charge in [0.05, 0.1) is 14.2 Å². The van der Waals surface area contributed by atoms with E-state index in [4.69, 9.17) is 27.9 Å². The second-order valence-electron chi connectivity index (χ2n) is 3.87. The maximum absolute atomic E-state index is 12.6. The second-order valence-corrected chi connectivity index (χ2v) is 5.70. The molecule has 0 aliphatic heterocycles. The van der Waals surface area contributed by atoms with E-state index < -0.39 is 0 Å². The van der Waals surface area contributed by atoms with E-state index in [1.54, 1.807) is 30.3 Å². The van der Waals surface area contributed by atoms with Gasteiger partial charge in [0.25, 0.3) is 0 Å². The molecule has 0 bridgehead atoms. The largest absolute Gasteiger partial charge is 0.489 e. The molecule has 0 saturated heterocycles. The van der Waals surface area contributed by atoms with Gasteiger partial charge in [-0.05, 0) is 34.7 Å². The minimum Gasteiger partial charge on any atom is -0.489 e. The van der Waals surface area contributed by atoms with Gasteiger partial charge < -0.3 is 9.72 Å². The van der Waals surface area contributed by atoms with Crippen LogP contribution in [-0.2, 0) is 0 Å². The highest BCUT2D eigenvalue weighted by molar-refractivity contribution is 14.1. The van der Waals surface area contributed by atoms with Crippen molar-refractivity contribution in [1.82, 2.24) is 4.98 Å². The van der Waals surface area contributed by atoms with E-state index in [0.29, 0.717) is 32.2 Å². The summed E-state index contributed by atoms with van der Waals surface area (Å²) in [4.78, 5) is 15.4. The number of aromatic nitrogens is 1. The third kappa shape index (κ3) is 3.02. The Kier molecular flexibility index (Phi) is 5.12. The van der Waals surface area contributed by atoms with Gasteiger partial charge in [-0.3, -0.25) is 4.79 Å². The zero-order valence-electron chi connectivity index (χ0n) is 10.3. The lowest BCUT2D eigenvalue weighted by atomic mass is 10.1. The minimum absolute atomic E-state index is 0.220. The number of ketones is 1. The first-order valence-corrected chi connectivity index (χ1v) is 7.49. The number of H-pyrrole nitrogens is 1. The SMILES string of the molecule is C=CCOc1ccccc1C(=O)c1[nH]c(Cl)c(Cl)c1I. The average molecular weight is 422 g/mol. The van der Waals surface area contributed by atoms with Crippen molar-refractivity contribution in [2.24, 2.45) is 0 Å². The average Bonchev–Trinajstić information content (AvgIpc) is 2.72. The lowest BCUT2D eigenvalue weighted by Gasteiger charge is -2.08. The van der Waals surface area contributed by atoms with Crippen molar-refractivity contribution in [3.05, 3.63) is 61.9 Å². The molecule has 1 N–H and O–H groups in total. The van der Waals surface area contributed by atoms with Crippen LogP contribution in [0.5, 0.6) is 5.75 Å². The minimum atomic E-state index is -0.220. The molecular formula is C14H10Cl2INO2. The van der Waals surface area contributed by atoms with Crippen LogP contribution in [0.2, 0.25) is 10.2 Å². The van der Waals surface area contributed by atoms with Crippen LogP contribution < -0.4 is 4.74 Å². The molecule has 3 nitrogen and oxygen atoms in total. The first-order chi connectivity index (χ1) is 9.56. The summed E-state index contributed by atoms with van der Waals surface area (Å²) in [6.45, 7) is 3.91. The number of ether oxygens (including phenoxy) is 1. The molecule has 1 aromatic heterocycles. The summed E-state index contributed by atoms with van der Waals surface area (Å²) >= 11 is 13.9. The molecule has 0 saturated carbocycles. The van der Waals surface area contributed by atoms with Crippen LogP contribution in [0.3, 0.4) is 0 Å². The number of carbonyl (C=O) groups excluding carboxylic acids is 1. The van der Waals surface area contributed by atoms with Crippen LogP contribution in [-0.4, -0.2) is 17.4 Å². The number of carbonyl (C=O) groups is 1. The van der Waals surface area contributed by atoms with Crippen LogP contribution in [0, 0.1) is 3.57 Å². The van der Waals surface area contributed by atoms with Gasteiger partial charge in [0.15, 0.2) is 0 Å². The van der Waals surface area contributed by atoms with Crippen LogP contribution in [0.1, 0.15) is 16.1 Å². The van der Waals surface area contributed by atoms with Gasteiger partial charge in [0.2, 0.25) is 5.78 Å². The zero-order chi connectivity index (χ0) is 14.7. The molecule has 0 radical (unpaired) electrons. The van der Waals surface area contributed by atoms with Crippen molar-refractivity contribution in [3.8, 4) is 5.75 Å². The van der Waals surface area contributed by atoms with Crippen LogP contribution in [0.15, 0.2) is 36.9 Å². The number of nitrogens with one attached hydrogen (secondary N) is 1. The van der Waals surface area contributed by atoms with Gasteiger partial charge in [0, 0.05) is 0 Å². The Labute approximate surface area is 140 Å². The first-order valence-electron chi connectivity index (χ1n) is 5.66. The number of para-hydroxylation sites is 1. The van der Waals surface area contributed by atoms with E-state index in [0.717, 1.165) is 0 Å². The Morgan fingerprint density at radius 3 is 2.70 bits per heavy atom. The van der Waals surface area contributed by atoms with E-state index in [-0.39, 0.29) is 10.9 Å². The Morgan fingerprint density at radius 1 is 1.40 bits per heavy atom. The van der Waals surface area contributed by atoms with E-state index >= 15 is 0 Å². The van der Waals surface area contributed by atoms with Gasteiger partial charge in [-0.25, -0.2) is 0 Å². The summed E-state index contributed by atoms with van der Waals surface area (Å²) in [6, 6.07) is 7.00. The monoisotopic (exact) mass is 421 g/mol. The molecule has 20 heavy (non-hydrogen) atoms. The molecule has 0 spiro atoms. The standard InChI is InChI=1S/C14H10Cl2INO2/c1-2-7-20-9-6-4-3-5-8(9)13(19)12-11(17)10(15)14(16)18-12/h2-6,18H,1,7H2. The molecule has 0 atom stereocenters. The summed E-state index contributed by atoms with van der Waals surface area (Å²) in [6.07, 6.45) is 1.62. The van der Waals surface area contributed by atoms with Gasteiger partial charge in [0.1, 0.15) is 23.2 Å². The maximum atomic E-state index is 12.6. The first kappa shape index (κ1) is 15.4. The van der Waals surface area contributed by atoms with Gasteiger partial charge in [-0.2, -0.15) is 0 Å². The van der Waals surface area contributed by atoms with Crippen molar-refractivity contribution in [2.45, 2.75) is 0 Å². The fraction of sp³-hybridized carbons (Fsp3) is 0.0714. The number of benzene rings is 1. The zero-order valence-corrected chi connectivity index (χ0v) is 13.9. The van der Waals surface area contributed by atoms with E-state index in [9.17, 15) is 4.79 Å². The molecule has 104 valence electrons. The van der Waals surface area contributed by atoms with Crippen LogP contribution >= 0.6 is 45.8 Å². The molecule has 1 heterocycles. The van der Waals surface area contributed by atoms with E-state index in [1.165, 1.54) is 0 Å². The van der Waals surface area contributed by atoms with Crippen molar-refractivity contribution in [2.75, 3.05) is 6.61 Å². The summed E-state index contributed by atoms with van der Waals surface area (Å²) < 4.78 is 6.08. The predicted molar refractivity (Wildman–Crippen MR) is 89.1 cm³/mol. The molecule has 2 aromatic rings. The van der Waals surface area contributed by atoms with Crippen molar-refractivity contribution >= 4 is 51.6 Å². The fourth-order valence-corrected chi connectivity index (χ4v) is 2.79. The summed E-state index contributed by atoms with van der Waals surface area (Å²) in [5.74, 6) is 0.276. The Bertz CT molecular complexity index is 667. The van der Waals surface area contributed by atoms with Crippen LogP contribution in [0.4, 0.5) is 0 Å². The summed E-state index contributed by atoms with van der Waals surface area (Å²) in [5, 5.41) is 0.601. The van der Waals surface area contributed by atoms with E-state index in [1.807, 2.05) is 22.6 Å². The van der Waals surface area contributed by atoms with E-state index in [2.05, 4.69) is 11.6 Å². The number of rotatable bonds is 5. The van der Waals surface area contributed by atoms with Crippen molar-refractivity contribution in [3.63, 3.8) is 0 Å². The van der Waals surface area contributed by atoms with Gasteiger partial charge in [-0.1, -0.05) is 48.0 Å². The molecule has 0 fully saturated rings. The summed E-state index contributed by atoms with van der Waals surface area (Å²) in [7, 11) is 0. The predicted octanol–water partition coefficient (Wildman–Crippen LogP) is 4.72. The third-order valence-corrected chi connectivity index (χ3v) is 4.71. The Balaban J connectivity index is 2.43. The van der Waals surface area contributed by atoms with Gasteiger partial charge in [-0.15, -0.1) is 0 Å². The maximum Gasteiger partial charge on any atom is 0.214 e. The topological polar surface area (TPSA) is 42.1 Å². The number of aromatic amines is 1. The fourth-order valence-electron chi connectivity index (χ4n) is 1.65. The van der Waals surface area contributed by atoms with Crippen LogP contribution in [0.25, 0.3) is 0 Å². The second kappa shape index (κ2) is 6.65. The molecule has 0 aliphatic rings. The molecule has 2 rings (SSSR count). The molecule has 0 aliphatic carbocycles. The number of hydrogen-bond acceptors (Lipinski definition) is 2. The smallest absolute Gasteiger partial charge is 0.214 e. The Hall–Kier alpha value is -0.980. The highest BCUT2D eigenvalue weighted by Crippen LogP contribution is 2.32. The Morgan fingerprint density at radius 2 is 2.10 bits per heavy atom. The normalized spacial score (nSPS) is 10.3. The molecule has 1 aromatic carbocycles. The number of halogens is 3. The molecule has 0 amide bonds. The highest BCUT2D eigenvalue weighted by Gasteiger charge is 2.22. The molecule has 0 unspecified atom stereocenters. The van der Waals surface area contributed by atoms with Crippen molar-refractivity contribution < 1.29 is 9.53 Å². The quantitative estimate of drug-likeness (QED) is 0.431. The third-order valence-electron chi connectivity index (χ3n) is 2.56. The molecule has 6 heteroatoms. The lowest BCUT2D eigenvalue weighted by molar-refractivity contribution is 0.103. The van der Waals surface area contributed by atoms with Gasteiger partial charge >= 0.3 is 0 Å². The number of hydrogen-bond donors (Lipinski definition) is 1. The summed E-state index contributed by atoms with van der Waals surface area (Å²) in [5.41, 5.74) is 0.803.